The van der Waals surface area contributed by atoms with Gasteiger partial charge in [0, 0.05) is 6.04 Å². The Morgan fingerprint density at radius 1 is 1.50 bits per heavy atom. The first kappa shape index (κ1) is 9.92. The van der Waals surface area contributed by atoms with Gasteiger partial charge in [-0.15, -0.1) is 0 Å². The molecule has 0 amide bonds. The van der Waals surface area contributed by atoms with Crippen LogP contribution in [0.4, 0.5) is 0 Å². The molecule has 2 unspecified atom stereocenters. The van der Waals surface area contributed by atoms with E-state index in [4.69, 9.17) is 11.5 Å². The molecule has 2 nitrogen and oxygen atoms in total. The Bertz CT molecular complexity index is 85.3. The second-order valence-corrected chi connectivity index (χ2v) is 3.55. The van der Waals surface area contributed by atoms with E-state index in [1.807, 2.05) is 6.92 Å². The van der Waals surface area contributed by atoms with Gasteiger partial charge in [-0.25, -0.2) is 0 Å². The molecule has 0 aliphatic carbocycles. The summed E-state index contributed by atoms with van der Waals surface area (Å²) in [7, 11) is 0. The molecule has 0 aromatic heterocycles. The van der Waals surface area contributed by atoms with Gasteiger partial charge in [0.05, 0.1) is 0 Å². The number of rotatable bonds is 4. The third-order valence-electron chi connectivity index (χ3n) is 2.16. The quantitative estimate of drug-likeness (QED) is 0.620. The zero-order valence-corrected chi connectivity index (χ0v) is 7.35. The molecule has 0 saturated heterocycles. The SMILES string of the molecule is CCC(C)(CN)CC(C)N. The lowest BCUT2D eigenvalue weighted by Gasteiger charge is -2.27. The Morgan fingerprint density at radius 2 is 2.00 bits per heavy atom. The van der Waals surface area contributed by atoms with Crippen LogP contribution in [-0.2, 0) is 0 Å². The van der Waals surface area contributed by atoms with Gasteiger partial charge in [0.25, 0.3) is 0 Å². The van der Waals surface area contributed by atoms with Gasteiger partial charge in [0.15, 0.2) is 0 Å². The van der Waals surface area contributed by atoms with Crippen molar-refractivity contribution in [3.8, 4) is 0 Å². The Kier molecular flexibility index (Phi) is 3.91. The van der Waals surface area contributed by atoms with Crippen LogP contribution in [0.5, 0.6) is 0 Å². The summed E-state index contributed by atoms with van der Waals surface area (Å²) < 4.78 is 0. The Labute approximate surface area is 64.0 Å². The van der Waals surface area contributed by atoms with Gasteiger partial charge in [-0.2, -0.15) is 0 Å². The molecule has 2 heteroatoms. The molecule has 0 aliphatic rings. The number of hydrogen-bond donors (Lipinski definition) is 2. The van der Waals surface area contributed by atoms with Crippen molar-refractivity contribution in [2.24, 2.45) is 16.9 Å². The van der Waals surface area contributed by atoms with E-state index in [-0.39, 0.29) is 11.5 Å². The average molecular weight is 144 g/mol. The molecule has 2 atom stereocenters. The summed E-state index contributed by atoms with van der Waals surface area (Å²) in [4.78, 5) is 0. The van der Waals surface area contributed by atoms with Gasteiger partial charge in [0.2, 0.25) is 0 Å². The van der Waals surface area contributed by atoms with Crippen LogP contribution in [0.1, 0.15) is 33.6 Å². The molecule has 0 fully saturated rings. The lowest BCUT2D eigenvalue weighted by Crippen LogP contribution is -2.33. The van der Waals surface area contributed by atoms with Crippen LogP contribution < -0.4 is 11.5 Å². The third kappa shape index (κ3) is 3.18. The topological polar surface area (TPSA) is 52.0 Å². The zero-order valence-electron chi connectivity index (χ0n) is 7.35. The van der Waals surface area contributed by atoms with Crippen LogP contribution in [0, 0.1) is 5.41 Å². The van der Waals surface area contributed by atoms with E-state index in [0.717, 1.165) is 19.4 Å². The van der Waals surface area contributed by atoms with Crippen LogP contribution in [0.15, 0.2) is 0 Å². The molecule has 0 bridgehead atoms. The van der Waals surface area contributed by atoms with Crippen LogP contribution in [0.3, 0.4) is 0 Å². The summed E-state index contributed by atoms with van der Waals surface area (Å²) in [5, 5.41) is 0. The molecular formula is C8H20N2. The maximum Gasteiger partial charge on any atom is 0.00161 e. The predicted molar refractivity (Wildman–Crippen MR) is 45.7 cm³/mol. The number of nitrogens with two attached hydrogens (primary N) is 2. The van der Waals surface area contributed by atoms with Crippen molar-refractivity contribution < 1.29 is 0 Å². The van der Waals surface area contributed by atoms with Gasteiger partial charge < -0.3 is 11.5 Å². The third-order valence-corrected chi connectivity index (χ3v) is 2.16. The van der Waals surface area contributed by atoms with E-state index >= 15 is 0 Å². The highest BCUT2D eigenvalue weighted by Crippen LogP contribution is 2.24. The standard InChI is InChI=1S/C8H20N2/c1-4-8(3,6-9)5-7(2)10/h7H,4-6,9-10H2,1-3H3. The molecule has 0 saturated carbocycles. The summed E-state index contributed by atoms with van der Waals surface area (Å²) in [6.45, 7) is 7.13. The van der Waals surface area contributed by atoms with E-state index in [0.29, 0.717) is 0 Å². The van der Waals surface area contributed by atoms with Crippen molar-refractivity contribution in [3.63, 3.8) is 0 Å². The highest BCUT2D eigenvalue weighted by molar-refractivity contribution is 4.76. The van der Waals surface area contributed by atoms with E-state index < -0.39 is 0 Å². The first-order valence-electron chi connectivity index (χ1n) is 3.99. The minimum atomic E-state index is 0.258. The van der Waals surface area contributed by atoms with Crippen LogP contribution in [0.25, 0.3) is 0 Å². The van der Waals surface area contributed by atoms with Gasteiger partial charge in [-0.05, 0) is 31.7 Å². The first-order valence-corrected chi connectivity index (χ1v) is 3.99. The van der Waals surface area contributed by atoms with Crippen molar-refractivity contribution >= 4 is 0 Å². The summed E-state index contributed by atoms with van der Waals surface area (Å²) in [6.07, 6.45) is 2.14. The molecule has 0 aromatic carbocycles. The Morgan fingerprint density at radius 3 is 2.10 bits per heavy atom. The molecule has 0 heterocycles. The van der Waals surface area contributed by atoms with Gasteiger partial charge >= 0.3 is 0 Å². The molecule has 0 aliphatic heterocycles. The molecule has 4 N–H and O–H groups in total. The van der Waals surface area contributed by atoms with E-state index in [9.17, 15) is 0 Å². The fourth-order valence-electron chi connectivity index (χ4n) is 1.15. The van der Waals surface area contributed by atoms with E-state index in [1.54, 1.807) is 0 Å². The molecule has 0 spiro atoms. The maximum atomic E-state index is 5.67. The maximum absolute atomic E-state index is 5.67. The highest BCUT2D eigenvalue weighted by Gasteiger charge is 2.20. The average Bonchev–Trinajstić information content (AvgIpc) is 1.87. The smallest absolute Gasteiger partial charge is 0.00161 e. The monoisotopic (exact) mass is 144 g/mol. The minimum absolute atomic E-state index is 0.258. The summed E-state index contributed by atoms with van der Waals surface area (Å²) in [5.41, 5.74) is 11.5. The molecule has 10 heavy (non-hydrogen) atoms. The van der Waals surface area contributed by atoms with Crippen molar-refractivity contribution in [3.05, 3.63) is 0 Å². The fourth-order valence-corrected chi connectivity index (χ4v) is 1.15. The van der Waals surface area contributed by atoms with Crippen molar-refractivity contribution in [1.82, 2.24) is 0 Å². The molecule has 62 valence electrons. The molecule has 0 aromatic rings. The van der Waals surface area contributed by atoms with Crippen molar-refractivity contribution in [1.29, 1.82) is 0 Å². The van der Waals surface area contributed by atoms with Crippen molar-refractivity contribution in [2.45, 2.75) is 39.7 Å². The highest BCUT2D eigenvalue weighted by atomic mass is 14.6. The summed E-state index contributed by atoms with van der Waals surface area (Å²) in [6, 6.07) is 0.272. The van der Waals surface area contributed by atoms with E-state index in [1.165, 1.54) is 0 Å². The molecule has 0 radical (unpaired) electrons. The Balaban J connectivity index is 3.80. The van der Waals surface area contributed by atoms with Gasteiger partial charge in [0.1, 0.15) is 0 Å². The second-order valence-electron chi connectivity index (χ2n) is 3.55. The van der Waals surface area contributed by atoms with Gasteiger partial charge in [-0.3, -0.25) is 0 Å². The normalized spacial score (nSPS) is 20.1. The largest absolute Gasteiger partial charge is 0.330 e. The fraction of sp³-hybridized carbons (Fsp3) is 1.00. The summed E-state index contributed by atoms with van der Waals surface area (Å²) >= 11 is 0. The predicted octanol–water partition coefficient (Wildman–Crippen LogP) is 1.10. The first-order chi connectivity index (χ1) is 4.54. The van der Waals surface area contributed by atoms with Crippen molar-refractivity contribution in [2.75, 3.05) is 6.54 Å². The summed E-state index contributed by atoms with van der Waals surface area (Å²) in [5.74, 6) is 0. The number of hydrogen-bond acceptors (Lipinski definition) is 2. The van der Waals surface area contributed by atoms with Crippen LogP contribution >= 0.6 is 0 Å². The van der Waals surface area contributed by atoms with E-state index in [2.05, 4.69) is 13.8 Å². The zero-order chi connectivity index (χ0) is 8.20. The van der Waals surface area contributed by atoms with Crippen LogP contribution in [-0.4, -0.2) is 12.6 Å². The molecule has 0 rings (SSSR count). The Hall–Kier alpha value is -0.0800. The lowest BCUT2D eigenvalue weighted by atomic mass is 9.82. The molecular weight excluding hydrogens is 124 g/mol. The van der Waals surface area contributed by atoms with Crippen LogP contribution in [0.2, 0.25) is 0 Å². The minimum Gasteiger partial charge on any atom is -0.330 e. The van der Waals surface area contributed by atoms with Gasteiger partial charge in [-0.1, -0.05) is 13.8 Å². The second kappa shape index (κ2) is 3.94. The lowest BCUT2D eigenvalue weighted by molar-refractivity contribution is 0.277.